The summed E-state index contributed by atoms with van der Waals surface area (Å²) < 4.78 is 17.8. The Morgan fingerprint density at radius 3 is 0.833 bits per heavy atom. The van der Waals surface area contributed by atoms with Crippen molar-refractivity contribution in [3.8, 4) is 0 Å². The molecule has 0 spiro atoms. The molecule has 0 atom stereocenters. The van der Waals surface area contributed by atoms with Gasteiger partial charge in [-0.05, 0) is 65.0 Å². The molecule has 0 heterocycles. The highest BCUT2D eigenvalue weighted by Crippen LogP contribution is 2.26. The zero-order valence-electron chi connectivity index (χ0n) is 16.6. The predicted octanol–water partition coefficient (Wildman–Crippen LogP) is -7.16. The molecule has 0 aromatic carbocycles. The molecule has 0 saturated carbocycles. The minimum absolute atomic E-state index is 0. The van der Waals surface area contributed by atoms with Crippen molar-refractivity contribution in [1.82, 2.24) is 10.6 Å². The van der Waals surface area contributed by atoms with Gasteiger partial charge in [0, 0.05) is 0 Å². The van der Waals surface area contributed by atoms with Gasteiger partial charge < -0.3 is 84.3 Å². The molecule has 24 N–H and O–H groups in total. The summed E-state index contributed by atoms with van der Waals surface area (Å²) in [5, 5.41) is 6.72. The van der Waals surface area contributed by atoms with Gasteiger partial charge in [-0.1, -0.05) is 0 Å². The van der Waals surface area contributed by atoms with Crippen LogP contribution in [-0.4, -0.2) is 101 Å². The predicted molar refractivity (Wildman–Crippen MR) is 113 cm³/mol. The minimum atomic E-state index is -4.64. The molecule has 20 heteroatoms. The zero-order valence-corrected chi connectivity index (χ0v) is 18.4. The molecule has 0 saturated heterocycles. The van der Waals surface area contributed by atoms with Crippen LogP contribution in [0.1, 0.15) is 25.7 Å². The van der Waals surface area contributed by atoms with E-state index in [4.69, 9.17) is 50.0 Å². The Labute approximate surface area is 175 Å². The second-order valence-electron chi connectivity index (χ2n) is 4.52. The normalized spacial score (nSPS) is 8.93. The summed E-state index contributed by atoms with van der Waals surface area (Å²) in [7, 11) is -9.28. The third kappa shape index (κ3) is 171. The number of nitrogens with one attached hydrogen (secondary N) is 2. The van der Waals surface area contributed by atoms with Crippen molar-refractivity contribution in [2.45, 2.75) is 25.7 Å². The Morgan fingerprint density at radius 2 is 0.667 bits per heavy atom. The molecule has 30 heavy (non-hydrogen) atoms. The van der Waals surface area contributed by atoms with Crippen molar-refractivity contribution >= 4 is 15.6 Å². The number of unbranched alkanes of at least 4 members (excludes halogenated alkanes) is 1. The molecule has 0 unspecified atom stereocenters. The van der Waals surface area contributed by atoms with Crippen molar-refractivity contribution in [3.05, 3.63) is 0 Å². The van der Waals surface area contributed by atoms with Crippen LogP contribution in [0.25, 0.3) is 0 Å². The second kappa shape index (κ2) is 39.3. The summed E-state index contributed by atoms with van der Waals surface area (Å²) >= 11 is 0. The molecule has 0 rings (SSSR count). The molecule has 0 fully saturated rings. The number of hydrogen-bond acceptors (Lipinski definition) is 6. The number of phosphoric acid groups is 2. The maximum atomic E-state index is 8.88. The molecular weight excluding hydrogens is 462 g/mol. The van der Waals surface area contributed by atoms with E-state index in [-0.39, 0.29) is 32.9 Å². The highest BCUT2D eigenvalue weighted by atomic mass is 31.2. The highest BCUT2D eigenvalue weighted by molar-refractivity contribution is 7.45. The maximum Gasteiger partial charge on any atom is 0.466 e. The van der Waals surface area contributed by atoms with Crippen molar-refractivity contribution < 1.29 is 71.3 Å². The van der Waals surface area contributed by atoms with Crippen LogP contribution in [-0.2, 0) is 9.13 Å². The van der Waals surface area contributed by atoms with Gasteiger partial charge in [0.15, 0.2) is 0 Å². The first-order valence-electron chi connectivity index (χ1n) is 7.30. The Morgan fingerprint density at radius 1 is 0.500 bits per heavy atom. The Balaban J connectivity index is -0.0000000340. The minimum Gasteiger partial charge on any atom is -0.412 e. The Bertz CT molecular complexity index is 298. The largest absolute Gasteiger partial charge is 0.466 e. The van der Waals surface area contributed by atoms with Gasteiger partial charge in [-0.2, -0.15) is 0 Å². The van der Waals surface area contributed by atoms with Crippen molar-refractivity contribution in [3.63, 3.8) is 0 Å². The van der Waals surface area contributed by atoms with Gasteiger partial charge in [-0.3, -0.25) is 0 Å². The fourth-order valence-electron chi connectivity index (χ4n) is 1.20. The third-order valence-electron chi connectivity index (χ3n) is 2.07. The van der Waals surface area contributed by atoms with E-state index >= 15 is 0 Å². The number of rotatable bonds is 11. The lowest BCUT2D eigenvalue weighted by atomic mass is 10.3. The average molecular weight is 506 g/mol. The summed E-state index contributed by atoms with van der Waals surface area (Å²) in [6, 6.07) is 0. The van der Waals surface area contributed by atoms with Crippen LogP contribution in [0.15, 0.2) is 0 Å². The van der Waals surface area contributed by atoms with E-state index < -0.39 is 15.6 Å². The first-order chi connectivity index (χ1) is 10.9. The van der Waals surface area contributed by atoms with E-state index in [1.165, 1.54) is 12.8 Å². The van der Waals surface area contributed by atoms with Crippen molar-refractivity contribution in [1.29, 1.82) is 0 Å². The lowest BCUT2D eigenvalue weighted by Crippen LogP contribution is -2.22. The Kier molecular flexibility index (Phi) is 74.9. The summed E-state index contributed by atoms with van der Waals surface area (Å²) in [6.07, 6.45) is 4.63. The quantitative estimate of drug-likeness (QED) is 0.0922. The van der Waals surface area contributed by atoms with Gasteiger partial charge in [-0.15, -0.1) is 0 Å². The van der Waals surface area contributed by atoms with E-state index in [1.54, 1.807) is 0 Å². The molecule has 0 radical (unpaired) electrons. The number of hydrogen-bond donors (Lipinski definition) is 10. The van der Waals surface area contributed by atoms with Gasteiger partial charge in [0.1, 0.15) is 0 Å². The molecule has 198 valence electrons. The van der Waals surface area contributed by atoms with Crippen LogP contribution in [0.2, 0.25) is 0 Å². The van der Waals surface area contributed by atoms with Crippen LogP contribution in [0.5, 0.6) is 0 Å². The smallest absolute Gasteiger partial charge is 0.412 e. The fourth-order valence-corrected chi connectivity index (χ4v) is 1.20. The van der Waals surface area contributed by atoms with Crippen molar-refractivity contribution in [2.75, 3.05) is 39.3 Å². The first kappa shape index (κ1) is 57.1. The van der Waals surface area contributed by atoms with Gasteiger partial charge in [0.2, 0.25) is 0 Å². The molecule has 18 nitrogen and oxygen atoms in total. The maximum absolute atomic E-state index is 8.88. The second-order valence-corrected chi connectivity index (χ2v) is 6.57. The average Bonchev–Trinajstić information content (AvgIpc) is 2.37. The van der Waals surface area contributed by atoms with E-state index in [1.807, 2.05) is 0 Å². The highest BCUT2D eigenvalue weighted by Gasteiger charge is 2.00. The molecule has 0 bridgehead atoms. The first-order valence-corrected chi connectivity index (χ1v) is 10.4. The zero-order chi connectivity index (χ0) is 19.5. The van der Waals surface area contributed by atoms with Gasteiger partial charge in [-0.25, -0.2) is 9.13 Å². The molecule has 0 aromatic heterocycles. The van der Waals surface area contributed by atoms with E-state index in [2.05, 4.69) is 10.6 Å². The van der Waals surface area contributed by atoms with E-state index in [0.29, 0.717) is 0 Å². The molecule has 0 aliphatic carbocycles. The van der Waals surface area contributed by atoms with Crippen LogP contribution in [0.3, 0.4) is 0 Å². The summed E-state index contributed by atoms with van der Waals surface area (Å²) in [4.78, 5) is 43.1. The SMILES string of the molecule is NCCCNCCCCNCCCN.O.O.O.O.O.O.O=P(O)(O)O.O=P(O)(O)O. The van der Waals surface area contributed by atoms with E-state index in [0.717, 1.165) is 52.1 Å². The monoisotopic (exact) mass is 506 g/mol. The van der Waals surface area contributed by atoms with Crippen molar-refractivity contribution in [2.24, 2.45) is 11.5 Å². The fraction of sp³-hybridized carbons (Fsp3) is 1.00. The van der Waals surface area contributed by atoms with E-state index in [9.17, 15) is 0 Å². The Hall–Kier alpha value is -0.180. The van der Waals surface area contributed by atoms with Crippen LogP contribution in [0, 0.1) is 0 Å². The van der Waals surface area contributed by atoms with Crippen LogP contribution < -0.4 is 22.1 Å². The molecule has 0 amide bonds. The summed E-state index contributed by atoms with van der Waals surface area (Å²) in [5.41, 5.74) is 10.8. The number of nitrogens with two attached hydrogens (primary N) is 2. The summed E-state index contributed by atoms with van der Waals surface area (Å²) in [5.74, 6) is 0. The van der Waals surface area contributed by atoms with Crippen LogP contribution in [0.4, 0.5) is 0 Å². The summed E-state index contributed by atoms with van der Waals surface area (Å²) in [6.45, 7) is 5.90. The molecule has 0 aliphatic heterocycles. The van der Waals surface area contributed by atoms with Gasteiger partial charge in [0.05, 0.1) is 0 Å². The standard InChI is InChI=1S/C10H26N4.2H3O4P.6H2O/c11-5-3-9-13-7-1-2-8-14-10-4-6-12;2*1-5(2,3)4;;;;;;/h13-14H,1-12H2;2*(H3,1,2,3,4);6*1H2. The lowest BCUT2D eigenvalue weighted by molar-refractivity contribution is 0.272. The molecular formula is C10H44N4O14P2. The topological polar surface area (TPSA) is 421 Å². The van der Waals surface area contributed by atoms with Gasteiger partial charge >= 0.3 is 15.6 Å². The molecule has 0 aromatic rings. The molecule has 0 aliphatic rings. The third-order valence-corrected chi connectivity index (χ3v) is 2.07. The lowest BCUT2D eigenvalue weighted by Gasteiger charge is -2.04. The van der Waals surface area contributed by atoms with Gasteiger partial charge in [0.25, 0.3) is 0 Å². The van der Waals surface area contributed by atoms with Crippen LogP contribution >= 0.6 is 15.6 Å².